The summed E-state index contributed by atoms with van der Waals surface area (Å²) < 4.78 is 27.2. The van der Waals surface area contributed by atoms with Crippen molar-refractivity contribution in [1.82, 2.24) is 9.21 Å². The third-order valence-electron chi connectivity index (χ3n) is 4.91. The highest BCUT2D eigenvalue weighted by Crippen LogP contribution is 2.33. The lowest BCUT2D eigenvalue weighted by Crippen LogP contribution is -2.47. The van der Waals surface area contributed by atoms with Crippen LogP contribution in [0.25, 0.3) is 0 Å². The fourth-order valence-corrected chi connectivity index (χ4v) is 6.16. The van der Waals surface area contributed by atoms with Crippen molar-refractivity contribution in [2.45, 2.75) is 36.4 Å². The van der Waals surface area contributed by atoms with E-state index in [0.717, 1.165) is 12.8 Å². The van der Waals surface area contributed by atoms with E-state index in [0.29, 0.717) is 36.8 Å². The highest BCUT2D eigenvalue weighted by molar-refractivity contribution is 7.91. The first-order valence-electron chi connectivity index (χ1n) is 7.92. The SMILES string of the molecule is CC1(CN)CCN(C(=O)C2CCCN2S(=O)(=O)c2cccs2)C1. The van der Waals surface area contributed by atoms with Crippen molar-refractivity contribution < 1.29 is 13.2 Å². The molecule has 8 heteroatoms. The van der Waals surface area contributed by atoms with Crippen LogP contribution in [0, 0.1) is 5.41 Å². The van der Waals surface area contributed by atoms with Gasteiger partial charge >= 0.3 is 0 Å². The van der Waals surface area contributed by atoms with E-state index in [1.165, 1.54) is 15.6 Å². The van der Waals surface area contributed by atoms with Crippen molar-refractivity contribution in [2.75, 3.05) is 26.2 Å². The van der Waals surface area contributed by atoms with Crippen molar-refractivity contribution in [3.63, 3.8) is 0 Å². The molecule has 2 unspecified atom stereocenters. The molecule has 2 atom stereocenters. The second-order valence-corrected chi connectivity index (χ2v) is 9.80. The molecule has 128 valence electrons. The minimum absolute atomic E-state index is 0.0499. The summed E-state index contributed by atoms with van der Waals surface area (Å²) in [6.45, 7) is 4.31. The van der Waals surface area contributed by atoms with Gasteiger partial charge in [-0.1, -0.05) is 13.0 Å². The van der Waals surface area contributed by atoms with Crippen molar-refractivity contribution in [3.05, 3.63) is 17.5 Å². The van der Waals surface area contributed by atoms with Gasteiger partial charge in [0.15, 0.2) is 0 Å². The molecule has 0 bridgehead atoms. The molecule has 2 aliphatic heterocycles. The number of nitrogens with zero attached hydrogens (tertiary/aromatic N) is 2. The van der Waals surface area contributed by atoms with Crippen LogP contribution in [0.5, 0.6) is 0 Å². The molecule has 1 aromatic heterocycles. The molecular weight excluding hydrogens is 334 g/mol. The molecule has 0 radical (unpaired) electrons. The van der Waals surface area contributed by atoms with Crippen LogP contribution in [-0.4, -0.2) is 55.8 Å². The number of amides is 1. The Labute approximate surface area is 141 Å². The maximum absolute atomic E-state index is 12.9. The van der Waals surface area contributed by atoms with Gasteiger partial charge in [-0.15, -0.1) is 11.3 Å². The number of sulfonamides is 1. The second-order valence-electron chi connectivity index (χ2n) is 6.73. The zero-order valence-electron chi connectivity index (χ0n) is 13.3. The van der Waals surface area contributed by atoms with E-state index in [9.17, 15) is 13.2 Å². The summed E-state index contributed by atoms with van der Waals surface area (Å²) in [7, 11) is -3.57. The molecular formula is C15H23N3O3S2. The lowest BCUT2D eigenvalue weighted by molar-refractivity contribution is -0.133. The van der Waals surface area contributed by atoms with Crippen LogP contribution in [-0.2, 0) is 14.8 Å². The first kappa shape index (κ1) is 16.9. The predicted molar refractivity (Wildman–Crippen MR) is 89.6 cm³/mol. The lowest BCUT2D eigenvalue weighted by atomic mass is 9.90. The van der Waals surface area contributed by atoms with Gasteiger partial charge in [-0.25, -0.2) is 8.42 Å². The monoisotopic (exact) mass is 357 g/mol. The first-order chi connectivity index (χ1) is 10.9. The minimum Gasteiger partial charge on any atom is -0.341 e. The Kier molecular flexibility index (Phi) is 4.52. The van der Waals surface area contributed by atoms with E-state index in [-0.39, 0.29) is 11.3 Å². The van der Waals surface area contributed by atoms with E-state index in [4.69, 9.17) is 5.73 Å². The quantitative estimate of drug-likeness (QED) is 0.874. The number of likely N-dealkylation sites (tertiary alicyclic amines) is 1. The molecule has 2 N–H and O–H groups in total. The molecule has 6 nitrogen and oxygen atoms in total. The molecule has 1 aromatic rings. The minimum atomic E-state index is -3.57. The predicted octanol–water partition coefficient (Wildman–Crippen LogP) is 1.10. The number of carbonyl (C=O) groups is 1. The molecule has 0 aromatic carbocycles. The third kappa shape index (κ3) is 3.05. The topological polar surface area (TPSA) is 83.7 Å². The number of nitrogens with two attached hydrogens (primary N) is 1. The van der Waals surface area contributed by atoms with E-state index in [1.807, 2.05) is 0 Å². The molecule has 1 amide bonds. The van der Waals surface area contributed by atoms with Gasteiger partial charge in [0.05, 0.1) is 0 Å². The Balaban J connectivity index is 1.79. The molecule has 0 saturated carbocycles. The van der Waals surface area contributed by atoms with Gasteiger partial charge in [-0.05, 0) is 42.7 Å². The fraction of sp³-hybridized carbons (Fsp3) is 0.667. The van der Waals surface area contributed by atoms with Crippen LogP contribution in [0.3, 0.4) is 0 Å². The summed E-state index contributed by atoms with van der Waals surface area (Å²) >= 11 is 1.20. The molecule has 3 rings (SSSR count). The average molecular weight is 358 g/mol. The normalized spacial score (nSPS) is 29.3. The van der Waals surface area contributed by atoms with Crippen LogP contribution in [0.2, 0.25) is 0 Å². The number of thiophene rings is 1. The van der Waals surface area contributed by atoms with Gasteiger partial charge in [0, 0.05) is 19.6 Å². The van der Waals surface area contributed by atoms with Crippen LogP contribution >= 0.6 is 11.3 Å². The van der Waals surface area contributed by atoms with E-state index in [2.05, 4.69) is 6.92 Å². The molecule has 3 heterocycles. The Morgan fingerprint density at radius 3 is 2.87 bits per heavy atom. The van der Waals surface area contributed by atoms with Crippen LogP contribution in [0.4, 0.5) is 0 Å². The summed E-state index contributed by atoms with van der Waals surface area (Å²) in [5, 5.41) is 1.74. The number of rotatable bonds is 4. The zero-order chi connectivity index (χ0) is 16.7. The Hall–Kier alpha value is -0.960. The van der Waals surface area contributed by atoms with E-state index >= 15 is 0 Å². The van der Waals surface area contributed by atoms with Crippen molar-refractivity contribution in [1.29, 1.82) is 0 Å². The zero-order valence-corrected chi connectivity index (χ0v) is 14.9. The Morgan fingerprint density at radius 1 is 1.48 bits per heavy atom. The van der Waals surface area contributed by atoms with Gasteiger partial charge in [-0.3, -0.25) is 4.79 Å². The second kappa shape index (κ2) is 6.16. The van der Waals surface area contributed by atoms with Gasteiger partial charge in [0.2, 0.25) is 5.91 Å². The van der Waals surface area contributed by atoms with Gasteiger partial charge in [-0.2, -0.15) is 4.31 Å². The van der Waals surface area contributed by atoms with E-state index < -0.39 is 16.1 Å². The fourth-order valence-electron chi connectivity index (χ4n) is 3.39. The van der Waals surface area contributed by atoms with Crippen molar-refractivity contribution in [2.24, 2.45) is 11.1 Å². The number of hydrogen-bond donors (Lipinski definition) is 1. The standard InChI is InChI=1S/C15H23N3O3S2/c1-15(10-16)6-8-17(11-15)14(19)12-4-2-7-18(12)23(20,21)13-5-3-9-22-13/h3,5,9,12H,2,4,6-8,10-11,16H2,1H3. The number of carbonyl (C=O) groups excluding carboxylic acids is 1. The molecule has 0 aliphatic carbocycles. The third-order valence-corrected chi connectivity index (χ3v) is 8.19. The largest absolute Gasteiger partial charge is 0.341 e. The smallest absolute Gasteiger partial charge is 0.253 e. The summed E-state index contributed by atoms with van der Waals surface area (Å²) in [5.74, 6) is -0.0696. The summed E-state index contributed by atoms with van der Waals surface area (Å²) in [6, 6.07) is 2.75. The molecule has 2 saturated heterocycles. The molecule has 23 heavy (non-hydrogen) atoms. The van der Waals surface area contributed by atoms with Gasteiger partial charge in [0.25, 0.3) is 10.0 Å². The molecule has 0 spiro atoms. The Morgan fingerprint density at radius 2 is 2.26 bits per heavy atom. The number of hydrogen-bond acceptors (Lipinski definition) is 5. The summed E-state index contributed by atoms with van der Waals surface area (Å²) in [5.41, 5.74) is 5.75. The summed E-state index contributed by atoms with van der Waals surface area (Å²) in [4.78, 5) is 14.7. The van der Waals surface area contributed by atoms with Crippen molar-refractivity contribution in [3.8, 4) is 0 Å². The Bertz CT molecular complexity index is 674. The van der Waals surface area contributed by atoms with Gasteiger partial charge < -0.3 is 10.6 Å². The summed E-state index contributed by atoms with van der Waals surface area (Å²) in [6.07, 6.45) is 2.20. The highest BCUT2D eigenvalue weighted by atomic mass is 32.2. The highest BCUT2D eigenvalue weighted by Gasteiger charge is 2.44. The van der Waals surface area contributed by atoms with E-state index in [1.54, 1.807) is 22.4 Å². The maximum Gasteiger partial charge on any atom is 0.253 e. The molecule has 2 fully saturated rings. The average Bonchev–Trinajstić information content (AvgIpc) is 3.27. The molecule has 2 aliphatic rings. The van der Waals surface area contributed by atoms with Crippen LogP contribution in [0.15, 0.2) is 21.7 Å². The van der Waals surface area contributed by atoms with Crippen LogP contribution in [0.1, 0.15) is 26.2 Å². The first-order valence-corrected chi connectivity index (χ1v) is 10.2. The lowest BCUT2D eigenvalue weighted by Gasteiger charge is -2.28. The maximum atomic E-state index is 12.9. The van der Waals surface area contributed by atoms with Crippen molar-refractivity contribution >= 4 is 27.3 Å². The van der Waals surface area contributed by atoms with Crippen LogP contribution < -0.4 is 5.73 Å². The van der Waals surface area contributed by atoms with Gasteiger partial charge in [0.1, 0.15) is 10.3 Å².